The molecule has 0 aromatic carbocycles. The zero-order valence-corrected chi connectivity index (χ0v) is 12.4. The first-order chi connectivity index (χ1) is 9.72. The van der Waals surface area contributed by atoms with Gasteiger partial charge in [-0.25, -0.2) is 4.98 Å². The lowest BCUT2D eigenvalue weighted by Crippen LogP contribution is -2.56. The zero-order chi connectivity index (χ0) is 14.1. The molecule has 0 N–H and O–H groups in total. The third-order valence-electron chi connectivity index (χ3n) is 4.61. The normalized spacial score (nSPS) is 25.1. The van der Waals surface area contributed by atoms with Crippen LogP contribution in [-0.2, 0) is 11.2 Å². The van der Waals surface area contributed by atoms with Crippen molar-refractivity contribution in [3.05, 3.63) is 23.9 Å². The van der Waals surface area contributed by atoms with Gasteiger partial charge in [-0.2, -0.15) is 0 Å². The summed E-state index contributed by atoms with van der Waals surface area (Å²) in [5.74, 6) is 1.37. The van der Waals surface area contributed by atoms with Crippen molar-refractivity contribution in [1.82, 2.24) is 9.88 Å². The first-order valence-electron chi connectivity index (χ1n) is 7.74. The molecule has 0 aliphatic carbocycles. The van der Waals surface area contributed by atoms with Crippen LogP contribution >= 0.6 is 0 Å². The molecule has 2 fully saturated rings. The van der Waals surface area contributed by atoms with Crippen molar-refractivity contribution in [3.8, 4) is 0 Å². The summed E-state index contributed by atoms with van der Waals surface area (Å²) in [6.45, 7) is 5.96. The van der Waals surface area contributed by atoms with Crippen LogP contribution in [0.3, 0.4) is 0 Å². The number of fused-ring (bicyclic) bond motifs is 2. The first-order valence-corrected chi connectivity index (χ1v) is 7.74. The van der Waals surface area contributed by atoms with E-state index >= 15 is 0 Å². The zero-order valence-electron chi connectivity index (χ0n) is 12.4. The molecule has 2 saturated heterocycles. The summed E-state index contributed by atoms with van der Waals surface area (Å²) < 4.78 is 0. The van der Waals surface area contributed by atoms with Crippen LogP contribution in [-0.4, -0.2) is 41.0 Å². The van der Waals surface area contributed by atoms with E-state index in [2.05, 4.69) is 33.8 Å². The van der Waals surface area contributed by atoms with E-state index in [0.717, 1.165) is 38.2 Å². The van der Waals surface area contributed by atoms with Crippen molar-refractivity contribution in [3.63, 3.8) is 0 Å². The molecule has 3 heterocycles. The predicted octanol–water partition coefficient (Wildman–Crippen LogP) is 2.23. The summed E-state index contributed by atoms with van der Waals surface area (Å²) in [6.07, 6.45) is 5.90. The Balaban J connectivity index is 1.74. The summed E-state index contributed by atoms with van der Waals surface area (Å²) in [6, 6.07) is 5.05. The van der Waals surface area contributed by atoms with Crippen molar-refractivity contribution in [2.45, 2.75) is 51.6 Å². The number of carbonyl (C=O) groups is 1. The number of pyridine rings is 1. The van der Waals surface area contributed by atoms with E-state index in [1.807, 2.05) is 13.1 Å². The van der Waals surface area contributed by atoms with E-state index in [-0.39, 0.29) is 0 Å². The molecule has 3 rings (SSSR count). The van der Waals surface area contributed by atoms with E-state index in [4.69, 9.17) is 0 Å². The van der Waals surface area contributed by atoms with Crippen molar-refractivity contribution in [2.24, 2.45) is 0 Å². The van der Waals surface area contributed by atoms with Crippen LogP contribution in [0.5, 0.6) is 0 Å². The fourth-order valence-corrected chi connectivity index (χ4v) is 3.49. The molecule has 1 aromatic heterocycles. The van der Waals surface area contributed by atoms with Gasteiger partial charge in [-0.05, 0) is 30.9 Å². The molecule has 0 unspecified atom stereocenters. The van der Waals surface area contributed by atoms with Crippen LogP contribution in [0.1, 0.15) is 38.7 Å². The van der Waals surface area contributed by atoms with Gasteiger partial charge in [0, 0.05) is 37.8 Å². The Morgan fingerprint density at radius 1 is 1.25 bits per heavy atom. The molecule has 0 radical (unpaired) electrons. The van der Waals surface area contributed by atoms with Gasteiger partial charge in [0.25, 0.3) is 0 Å². The Bertz CT molecular complexity index is 471. The number of piperazine rings is 1. The fraction of sp³-hybridized carbons (Fsp3) is 0.625. The number of amides is 1. The Labute approximate surface area is 120 Å². The molecule has 2 bridgehead atoms. The van der Waals surface area contributed by atoms with Crippen LogP contribution in [0.2, 0.25) is 0 Å². The maximum atomic E-state index is 12.0. The maximum absolute atomic E-state index is 12.0. The number of nitrogens with zero attached hydrogens (tertiary/aromatic N) is 3. The first kappa shape index (κ1) is 13.4. The van der Waals surface area contributed by atoms with Gasteiger partial charge in [-0.1, -0.05) is 19.9 Å². The van der Waals surface area contributed by atoms with Crippen LogP contribution in [0.4, 0.5) is 5.82 Å². The maximum Gasteiger partial charge on any atom is 0.222 e. The molecule has 2 aliphatic rings. The summed E-state index contributed by atoms with van der Waals surface area (Å²) >= 11 is 0. The monoisotopic (exact) mass is 273 g/mol. The summed E-state index contributed by atoms with van der Waals surface area (Å²) in [5, 5.41) is 0. The van der Waals surface area contributed by atoms with Crippen molar-refractivity contribution < 1.29 is 4.79 Å². The summed E-state index contributed by atoms with van der Waals surface area (Å²) in [4.78, 5) is 21.1. The molecule has 20 heavy (non-hydrogen) atoms. The number of hydrogen-bond acceptors (Lipinski definition) is 3. The second kappa shape index (κ2) is 5.43. The molecule has 0 saturated carbocycles. The largest absolute Gasteiger partial charge is 0.352 e. The number of anilines is 1. The lowest BCUT2D eigenvalue weighted by molar-refractivity contribution is -0.134. The van der Waals surface area contributed by atoms with Gasteiger partial charge >= 0.3 is 0 Å². The lowest BCUT2D eigenvalue weighted by atomic mass is 10.1. The van der Waals surface area contributed by atoms with Gasteiger partial charge in [0.2, 0.25) is 5.91 Å². The number of carbonyl (C=O) groups excluding carboxylic acids is 1. The Morgan fingerprint density at radius 2 is 1.95 bits per heavy atom. The van der Waals surface area contributed by atoms with E-state index < -0.39 is 0 Å². The summed E-state index contributed by atoms with van der Waals surface area (Å²) in [5.41, 5.74) is 1.27. The van der Waals surface area contributed by atoms with Crippen LogP contribution in [0.15, 0.2) is 18.3 Å². The third-order valence-corrected chi connectivity index (χ3v) is 4.61. The average molecular weight is 273 g/mol. The molecule has 108 valence electrons. The Hall–Kier alpha value is -1.58. The van der Waals surface area contributed by atoms with Crippen molar-refractivity contribution in [1.29, 1.82) is 0 Å². The Morgan fingerprint density at radius 3 is 2.45 bits per heavy atom. The molecule has 4 nitrogen and oxygen atoms in total. The van der Waals surface area contributed by atoms with E-state index in [9.17, 15) is 4.79 Å². The van der Waals surface area contributed by atoms with Gasteiger partial charge < -0.3 is 9.80 Å². The Kier molecular flexibility index (Phi) is 3.64. The smallest absolute Gasteiger partial charge is 0.222 e. The molecule has 4 heteroatoms. The topological polar surface area (TPSA) is 36.4 Å². The molecule has 2 atom stereocenters. The second-order valence-corrected chi connectivity index (χ2v) is 5.82. The van der Waals surface area contributed by atoms with E-state index in [0.29, 0.717) is 24.4 Å². The lowest BCUT2D eigenvalue weighted by Gasteiger charge is -2.41. The minimum atomic E-state index is 0.312. The van der Waals surface area contributed by atoms with Gasteiger partial charge in [0.15, 0.2) is 0 Å². The highest BCUT2D eigenvalue weighted by atomic mass is 16.2. The molecule has 2 aliphatic heterocycles. The van der Waals surface area contributed by atoms with Crippen LogP contribution < -0.4 is 4.90 Å². The summed E-state index contributed by atoms with van der Waals surface area (Å²) in [7, 11) is 0. The molecule has 1 amide bonds. The van der Waals surface area contributed by atoms with Gasteiger partial charge in [-0.15, -0.1) is 0 Å². The van der Waals surface area contributed by atoms with Gasteiger partial charge in [0.05, 0.1) is 0 Å². The highest BCUT2D eigenvalue weighted by Crippen LogP contribution is 2.32. The third kappa shape index (κ3) is 2.28. The SMILES string of the molecule is CCC(=O)N1[C@@H]2CC[C@H]1CN(c1ccc(CC)cn1)C2. The predicted molar refractivity (Wildman–Crippen MR) is 79.8 cm³/mol. The minimum absolute atomic E-state index is 0.312. The number of aromatic nitrogens is 1. The molecular weight excluding hydrogens is 250 g/mol. The van der Waals surface area contributed by atoms with Crippen LogP contribution in [0.25, 0.3) is 0 Å². The van der Waals surface area contributed by atoms with Crippen molar-refractivity contribution >= 4 is 11.7 Å². The number of rotatable bonds is 3. The quantitative estimate of drug-likeness (QED) is 0.847. The van der Waals surface area contributed by atoms with Gasteiger partial charge in [0.1, 0.15) is 5.82 Å². The van der Waals surface area contributed by atoms with E-state index in [1.165, 1.54) is 5.56 Å². The standard InChI is InChI=1S/C16H23N3O/c1-3-12-5-8-15(17-9-12)18-10-13-6-7-14(11-18)19(13)16(20)4-2/h5,8-9,13-14H,3-4,6-7,10-11H2,1-2H3/t13-,14+. The number of hydrogen-bond donors (Lipinski definition) is 0. The second-order valence-electron chi connectivity index (χ2n) is 5.82. The van der Waals surface area contributed by atoms with E-state index in [1.54, 1.807) is 0 Å². The molecule has 0 spiro atoms. The average Bonchev–Trinajstić information content (AvgIpc) is 2.76. The fourth-order valence-electron chi connectivity index (χ4n) is 3.49. The minimum Gasteiger partial charge on any atom is -0.352 e. The highest BCUT2D eigenvalue weighted by molar-refractivity contribution is 5.77. The van der Waals surface area contributed by atoms with Crippen LogP contribution in [0, 0.1) is 0 Å². The van der Waals surface area contributed by atoms with Gasteiger partial charge in [-0.3, -0.25) is 4.79 Å². The van der Waals surface area contributed by atoms with Crippen molar-refractivity contribution in [2.75, 3.05) is 18.0 Å². The molecular formula is C16H23N3O. The number of aryl methyl sites for hydroxylation is 1. The molecule has 1 aromatic rings. The highest BCUT2D eigenvalue weighted by Gasteiger charge is 2.42.